The molecule has 2 aromatic heterocycles. The summed E-state index contributed by atoms with van der Waals surface area (Å²) >= 11 is 3.41. The van der Waals surface area contributed by atoms with Gasteiger partial charge < -0.3 is 16.8 Å². The molecule has 0 fully saturated rings. The maximum Gasteiger partial charge on any atom is 0.312 e. The molecule has 0 aliphatic carbocycles. The Hall–Kier alpha value is -1.79. The molecule has 2 rings (SSSR count). The number of carbonyl (C=O) groups excluding carboxylic acids is 1. The Morgan fingerprint density at radius 1 is 1.12 bits per heavy atom. The standard InChI is InChI=1S/C15H21N3OS2.C6H12.2C2H6.CH4.2H2/c1-10-12(9-21-14(10)16)5-4-11-7-13(20-8-11)3-2-6-18-15(17)19;1-5-6(2,3)4;2*1-2;;;/h7-9H,2-6,16H2,1H3,(H3,17,18,19);5H,1H2,2-4H3;2*1-2H3;1H4;2*1H. The summed E-state index contributed by atoms with van der Waals surface area (Å²) in [4.78, 5) is 11.9. The van der Waals surface area contributed by atoms with Crippen LogP contribution in [0.2, 0.25) is 0 Å². The minimum absolute atomic E-state index is 0. The van der Waals surface area contributed by atoms with Crippen LogP contribution in [-0.2, 0) is 19.3 Å². The summed E-state index contributed by atoms with van der Waals surface area (Å²) in [6.45, 7) is 20.7. The predicted molar refractivity (Wildman–Crippen MR) is 154 cm³/mol. The molecule has 0 atom stereocenters. The number of nitrogens with one attached hydrogen (secondary N) is 1. The molecule has 0 saturated carbocycles. The molecule has 2 amide bonds. The lowest BCUT2D eigenvalue weighted by molar-refractivity contribution is 0.249. The van der Waals surface area contributed by atoms with Crippen molar-refractivity contribution in [3.63, 3.8) is 0 Å². The van der Waals surface area contributed by atoms with Gasteiger partial charge in [0, 0.05) is 14.3 Å². The van der Waals surface area contributed by atoms with E-state index in [9.17, 15) is 4.79 Å². The third-order valence-electron chi connectivity index (χ3n) is 4.08. The predicted octanol–water partition coefficient (Wildman–Crippen LogP) is 8.49. The van der Waals surface area contributed by atoms with E-state index in [2.05, 4.69) is 56.4 Å². The topological polar surface area (TPSA) is 81.1 Å². The molecule has 0 aliphatic rings. The molecule has 6 heteroatoms. The minimum atomic E-state index is -0.452. The summed E-state index contributed by atoms with van der Waals surface area (Å²) in [7, 11) is 0. The number of amides is 2. The molecule has 32 heavy (non-hydrogen) atoms. The quantitative estimate of drug-likeness (QED) is 0.270. The molecule has 0 unspecified atom stereocenters. The molecule has 0 saturated heterocycles. The van der Waals surface area contributed by atoms with Crippen LogP contribution in [0.3, 0.4) is 0 Å². The van der Waals surface area contributed by atoms with Crippen molar-refractivity contribution < 1.29 is 7.65 Å². The van der Waals surface area contributed by atoms with E-state index in [1.54, 1.807) is 22.7 Å². The van der Waals surface area contributed by atoms with E-state index in [0.717, 1.165) is 30.7 Å². The van der Waals surface area contributed by atoms with Crippen molar-refractivity contribution in [2.45, 2.75) is 88.5 Å². The number of hydrogen-bond donors (Lipinski definition) is 3. The minimum Gasteiger partial charge on any atom is -0.390 e. The fourth-order valence-corrected chi connectivity index (χ4v) is 4.00. The lowest BCUT2D eigenvalue weighted by Crippen LogP contribution is -2.30. The largest absolute Gasteiger partial charge is 0.390 e. The number of primary amides is 1. The van der Waals surface area contributed by atoms with Gasteiger partial charge in [0.05, 0.1) is 5.00 Å². The zero-order valence-electron chi connectivity index (χ0n) is 20.9. The molecule has 190 valence electrons. The number of nitrogen functional groups attached to an aromatic ring is 1. The molecule has 4 nitrogen and oxygen atoms in total. The van der Waals surface area contributed by atoms with E-state index in [4.69, 9.17) is 11.5 Å². The van der Waals surface area contributed by atoms with Crippen LogP contribution in [-0.4, -0.2) is 12.6 Å². The molecule has 0 aliphatic heterocycles. The summed E-state index contributed by atoms with van der Waals surface area (Å²) in [5, 5.41) is 7.92. The Bertz CT molecular complexity index is 739. The van der Waals surface area contributed by atoms with Crippen LogP contribution in [0.1, 0.15) is 86.7 Å². The van der Waals surface area contributed by atoms with Crippen molar-refractivity contribution in [3.8, 4) is 0 Å². The second-order valence-electron chi connectivity index (χ2n) is 7.64. The first-order valence-corrected chi connectivity index (χ1v) is 12.9. The molecule has 0 bridgehead atoms. The van der Waals surface area contributed by atoms with Gasteiger partial charge in [-0.3, -0.25) is 0 Å². The summed E-state index contributed by atoms with van der Waals surface area (Å²) in [5.74, 6) is 0. The molecule has 0 aromatic carbocycles. The molecule has 2 heterocycles. The van der Waals surface area contributed by atoms with Gasteiger partial charge in [0.15, 0.2) is 0 Å². The third kappa shape index (κ3) is 16.8. The molecule has 5 N–H and O–H groups in total. The van der Waals surface area contributed by atoms with Gasteiger partial charge in [0.25, 0.3) is 0 Å². The van der Waals surface area contributed by atoms with Gasteiger partial charge in [-0.1, -0.05) is 62.0 Å². The van der Waals surface area contributed by atoms with Crippen molar-refractivity contribution >= 4 is 33.7 Å². The number of urea groups is 1. The van der Waals surface area contributed by atoms with Crippen LogP contribution >= 0.6 is 22.7 Å². The van der Waals surface area contributed by atoms with Gasteiger partial charge in [-0.05, 0) is 71.5 Å². The number of allylic oxidation sites excluding steroid dienone is 1. The van der Waals surface area contributed by atoms with E-state index >= 15 is 0 Å². The summed E-state index contributed by atoms with van der Waals surface area (Å²) < 4.78 is 0. The van der Waals surface area contributed by atoms with E-state index in [0.29, 0.717) is 12.0 Å². The number of hydrogen-bond acceptors (Lipinski definition) is 4. The van der Waals surface area contributed by atoms with Gasteiger partial charge in [-0.25, -0.2) is 4.79 Å². The first-order chi connectivity index (χ1) is 14.6. The van der Waals surface area contributed by atoms with Gasteiger partial charge in [0.2, 0.25) is 0 Å². The summed E-state index contributed by atoms with van der Waals surface area (Å²) in [6.07, 6.45) is 5.93. The Morgan fingerprint density at radius 2 is 1.69 bits per heavy atom. The van der Waals surface area contributed by atoms with Crippen LogP contribution in [0.15, 0.2) is 29.5 Å². The number of anilines is 1. The van der Waals surface area contributed by atoms with Crippen molar-refractivity contribution in [1.82, 2.24) is 5.32 Å². The van der Waals surface area contributed by atoms with Gasteiger partial charge in [0.1, 0.15) is 0 Å². The smallest absolute Gasteiger partial charge is 0.312 e. The average molecular weight is 488 g/mol. The number of aryl methyl sites for hydroxylation is 3. The Morgan fingerprint density at radius 3 is 2.12 bits per heavy atom. The highest BCUT2D eigenvalue weighted by Crippen LogP contribution is 2.26. The van der Waals surface area contributed by atoms with Crippen LogP contribution in [0.5, 0.6) is 0 Å². The SMILES string of the molecule is C.C=CC(C)(C)C.CC.CC.Cc1c(CCc2csc(CCCNC(N)=O)c2)csc1N.[HH].[HH]. The fraction of sp³-hybridized carbons (Fsp3) is 0.577. The second-order valence-corrected chi connectivity index (χ2v) is 9.54. The van der Waals surface area contributed by atoms with Crippen LogP contribution in [0.25, 0.3) is 0 Å². The van der Waals surface area contributed by atoms with Crippen molar-refractivity contribution in [1.29, 1.82) is 0 Å². The second kappa shape index (κ2) is 19.9. The number of carbonyl (C=O) groups is 1. The highest BCUT2D eigenvalue weighted by Gasteiger charge is 2.06. The zero-order valence-corrected chi connectivity index (χ0v) is 22.6. The first kappa shape index (κ1) is 34.8. The third-order valence-corrected chi connectivity index (χ3v) is 6.09. The molecule has 2 aromatic rings. The Labute approximate surface area is 209 Å². The number of thiophene rings is 2. The number of nitrogens with two attached hydrogens (primary N) is 2. The monoisotopic (exact) mass is 487 g/mol. The maximum atomic E-state index is 10.6. The highest BCUT2D eigenvalue weighted by molar-refractivity contribution is 7.14. The Balaban J connectivity index is -0.000000187. The maximum absolute atomic E-state index is 10.6. The van der Waals surface area contributed by atoms with Gasteiger partial charge in [-0.15, -0.1) is 29.3 Å². The molecular formula is C26H53N3OS2. The van der Waals surface area contributed by atoms with Crippen LogP contribution in [0, 0.1) is 12.3 Å². The summed E-state index contributed by atoms with van der Waals surface area (Å²) in [5.41, 5.74) is 15.2. The molecule has 0 spiro atoms. The lowest BCUT2D eigenvalue weighted by Gasteiger charge is -2.08. The van der Waals surface area contributed by atoms with E-state index < -0.39 is 6.03 Å². The van der Waals surface area contributed by atoms with E-state index in [1.165, 1.54) is 21.6 Å². The lowest BCUT2D eigenvalue weighted by atomic mass is 9.98. The van der Waals surface area contributed by atoms with Crippen molar-refractivity contribution in [2.75, 3.05) is 12.3 Å². The average Bonchev–Trinajstić information content (AvgIpc) is 3.33. The molecular weight excluding hydrogens is 434 g/mol. The zero-order chi connectivity index (χ0) is 24.4. The van der Waals surface area contributed by atoms with Crippen molar-refractivity contribution in [3.05, 3.63) is 51.0 Å². The first-order valence-electron chi connectivity index (χ1n) is 11.2. The van der Waals surface area contributed by atoms with E-state index in [-0.39, 0.29) is 10.3 Å². The van der Waals surface area contributed by atoms with Crippen LogP contribution in [0.4, 0.5) is 9.80 Å². The normalized spacial score (nSPS) is 9.50. The van der Waals surface area contributed by atoms with Gasteiger partial charge in [-0.2, -0.15) is 0 Å². The highest BCUT2D eigenvalue weighted by atomic mass is 32.1. The number of rotatable bonds is 7. The van der Waals surface area contributed by atoms with Gasteiger partial charge >= 0.3 is 6.03 Å². The van der Waals surface area contributed by atoms with Crippen LogP contribution < -0.4 is 16.8 Å². The summed E-state index contributed by atoms with van der Waals surface area (Å²) in [6, 6.07) is 1.81. The fourth-order valence-electron chi connectivity index (χ4n) is 2.16. The van der Waals surface area contributed by atoms with E-state index in [1.807, 2.05) is 33.8 Å². The Kier molecular flexibility index (Phi) is 21.6. The van der Waals surface area contributed by atoms with Crippen molar-refractivity contribution in [2.24, 2.45) is 11.1 Å². The molecule has 0 radical (unpaired) electrons.